The third kappa shape index (κ3) is 2.06. The lowest BCUT2D eigenvalue weighted by molar-refractivity contribution is 0.0691. The van der Waals surface area contributed by atoms with E-state index in [9.17, 15) is 4.79 Å². The van der Waals surface area contributed by atoms with Crippen LogP contribution in [0.25, 0.3) is 0 Å². The first-order valence-electron chi connectivity index (χ1n) is 4.25. The molecule has 2 N–H and O–H groups in total. The maximum Gasteiger partial charge on any atom is 0.353 e. The normalized spacial score (nSPS) is 22.1. The molecule has 0 aromatic carbocycles. The van der Waals surface area contributed by atoms with Crippen LogP contribution in [-0.4, -0.2) is 38.3 Å². The Balaban J connectivity index is 2.11. The molecular formula is C8H10N2O2S2. The van der Waals surface area contributed by atoms with Crippen molar-refractivity contribution >= 4 is 29.5 Å². The molecule has 0 spiro atoms. The fourth-order valence-electron chi connectivity index (χ4n) is 1.25. The molecule has 1 aromatic heterocycles. The Hall–Kier alpha value is -0.620. The Morgan fingerprint density at radius 3 is 3.07 bits per heavy atom. The lowest BCUT2D eigenvalue weighted by Crippen LogP contribution is -2.08. The number of carboxylic acid groups (broad SMARTS) is 1. The summed E-state index contributed by atoms with van der Waals surface area (Å²) in [5, 5.41) is 9.03. The zero-order valence-corrected chi connectivity index (χ0v) is 9.03. The molecular weight excluding hydrogens is 220 g/mol. The van der Waals surface area contributed by atoms with Gasteiger partial charge >= 0.3 is 5.97 Å². The number of hydrogen-bond donors (Lipinski definition) is 2. The molecule has 0 saturated carbocycles. The van der Waals surface area contributed by atoms with E-state index < -0.39 is 5.97 Å². The lowest BCUT2D eigenvalue weighted by atomic mass is 10.4. The number of aromatic amines is 1. The zero-order valence-electron chi connectivity index (χ0n) is 7.40. The van der Waals surface area contributed by atoms with Crippen molar-refractivity contribution in [3.63, 3.8) is 0 Å². The van der Waals surface area contributed by atoms with Gasteiger partial charge in [-0.3, -0.25) is 0 Å². The molecule has 76 valence electrons. The number of aromatic nitrogens is 2. The summed E-state index contributed by atoms with van der Waals surface area (Å²) in [5.74, 6) is 3.14. The van der Waals surface area contributed by atoms with Gasteiger partial charge in [0.1, 0.15) is 11.5 Å². The summed E-state index contributed by atoms with van der Waals surface area (Å²) < 4.78 is 0. The molecule has 0 aliphatic carbocycles. The molecule has 1 aliphatic rings. The molecule has 0 amide bonds. The summed E-state index contributed by atoms with van der Waals surface area (Å²) in [6, 6.07) is 0. The van der Waals surface area contributed by atoms with Crippen molar-refractivity contribution in [1.29, 1.82) is 0 Å². The van der Waals surface area contributed by atoms with E-state index in [0.29, 0.717) is 5.25 Å². The average molecular weight is 230 g/mol. The monoisotopic (exact) mass is 230 g/mol. The molecule has 1 aromatic rings. The predicted octanol–water partition coefficient (Wildman–Crippen LogP) is 1.63. The van der Waals surface area contributed by atoms with Crippen LogP contribution in [0, 0.1) is 0 Å². The van der Waals surface area contributed by atoms with E-state index in [0.717, 1.165) is 17.3 Å². The van der Waals surface area contributed by atoms with Gasteiger partial charge in [-0.15, -0.1) is 11.8 Å². The molecule has 1 saturated heterocycles. The molecule has 2 rings (SSSR count). The van der Waals surface area contributed by atoms with E-state index in [1.807, 2.05) is 23.5 Å². The van der Waals surface area contributed by atoms with Gasteiger partial charge in [0.2, 0.25) is 0 Å². The van der Waals surface area contributed by atoms with Crippen LogP contribution in [0.15, 0.2) is 6.20 Å². The van der Waals surface area contributed by atoms with E-state index in [1.165, 1.54) is 11.9 Å². The van der Waals surface area contributed by atoms with Gasteiger partial charge in [0.15, 0.2) is 0 Å². The van der Waals surface area contributed by atoms with Crippen molar-refractivity contribution in [3.05, 3.63) is 17.7 Å². The molecule has 1 fully saturated rings. The first kappa shape index (κ1) is 9.92. The van der Waals surface area contributed by atoms with E-state index in [2.05, 4.69) is 9.97 Å². The smallest absolute Gasteiger partial charge is 0.353 e. The van der Waals surface area contributed by atoms with Crippen molar-refractivity contribution in [2.24, 2.45) is 0 Å². The SMILES string of the molecule is O=C(O)c1cnc(C2CSCCS2)[nH]1. The van der Waals surface area contributed by atoms with Crippen LogP contribution >= 0.6 is 23.5 Å². The number of rotatable bonds is 2. The Morgan fingerprint density at radius 1 is 1.64 bits per heavy atom. The molecule has 1 atom stereocenters. The van der Waals surface area contributed by atoms with Crippen molar-refractivity contribution < 1.29 is 9.90 Å². The van der Waals surface area contributed by atoms with Gasteiger partial charge < -0.3 is 10.1 Å². The Labute approximate surface area is 89.9 Å². The number of carbonyl (C=O) groups is 1. The van der Waals surface area contributed by atoms with Crippen LogP contribution in [0.4, 0.5) is 0 Å². The summed E-state index contributed by atoms with van der Waals surface area (Å²) in [6.07, 6.45) is 1.39. The zero-order chi connectivity index (χ0) is 9.97. The maximum atomic E-state index is 10.6. The largest absolute Gasteiger partial charge is 0.477 e. The van der Waals surface area contributed by atoms with Gasteiger partial charge in [-0.05, 0) is 0 Å². The number of thioether (sulfide) groups is 2. The van der Waals surface area contributed by atoms with Crippen molar-refractivity contribution in [1.82, 2.24) is 9.97 Å². The van der Waals surface area contributed by atoms with Crippen LogP contribution in [-0.2, 0) is 0 Å². The average Bonchev–Trinajstić information content (AvgIpc) is 2.68. The van der Waals surface area contributed by atoms with Gasteiger partial charge in [0, 0.05) is 17.3 Å². The molecule has 4 nitrogen and oxygen atoms in total. The summed E-state index contributed by atoms with van der Waals surface area (Å²) >= 11 is 3.72. The number of hydrogen-bond acceptors (Lipinski definition) is 4. The van der Waals surface area contributed by atoms with Gasteiger partial charge in [-0.2, -0.15) is 11.8 Å². The van der Waals surface area contributed by atoms with Gasteiger partial charge in [-0.25, -0.2) is 9.78 Å². The molecule has 1 unspecified atom stereocenters. The predicted molar refractivity (Wildman–Crippen MR) is 58.1 cm³/mol. The third-order valence-electron chi connectivity index (χ3n) is 1.95. The summed E-state index contributed by atoms with van der Waals surface area (Å²) in [4.78, 5) is 17.5. The lowest BCUT2D eigenvalue weighted by Gasteiger charge is -2.18. The van der Waals surface area contributed by atoms with E-state index in [-0.39, 0.29) is 5.69 Å². The minimum atomic E-state index is -0.947. The quantitative estimate of drug-likeness (QED) is 0.808. The summed E-state index contributed by atoms with van der Waals surface area (Å²) in [5.41, 5.74) is 0.177. The fourth-order valence-corrected chi connectivity index (χ4v) is 3.89. The first-order chi connectivity index (χ1) is 6.77. The standard InChI is InChI=1S/C8H10N2O2S2/c11-8(12)5-3-9-7(10-5)6-4-13-1-2-14-6/h3,6H,1-2,4H2,(H,9,10)(H,11,12). The molecule has 0 radical (unpaired) electrons. The van der Waals surface area contributed by atoms with Gasteiger partial charge in [-0.1, -0.05) is 0 Å². The fraction of sp³-hybridized carbons (Fsp3) is 0.500. The third-order valence-corrected chi connectivity index (χ3v) is 4.71. The number of nitrogens with one attached hydrogen (secondary N) is 1. The number of nitrogens with zero attached hydrogens (tertiary/aromatic N) is 1. The minimum Gasteiger partial charge on any atom is -0.477 e. The number of imidazole rings is 1. The van der Waals surface area contributed by atoms with Crippen LogP contribution in [0.2, 0.25) is 0 Å². The number of aromatic carboxylic acids is 1. The second-order valence-electron chi connectivity index (χ2n) is 2.92. The topological polar surface area (TPSA) is 66.0 Å². The highest BCUT2D eigenvalue weighted by Gasteiger charge is 2.20. The highest BCUT2D eigenvalue weighted by molar-refractivity contribution is 8.06. The number of carboxylic acids is 1. The molecule has 1 aliphatic heterocycles. The minimum absolute atomic E-state index is 0.177. The Bertz CT molecular complexity index is 334. The second kappa shape index (κ2) is 4.27. The van der Waals surface area contributed by atoms with Crippen molar-refractivity contribution in [2.45, 2.75) is 5.25 Å². The van der Waals surface area contributed by atoms with Crippen LogP contribution in [0.5, 0.6) is 0 Å². The van der Waals surface area contributed by atoms with E-state index >= 15 is 0 Å². The molecule has 6 heteroatoms. The van der Waals surface area contributed by atoms with Crippen molar-refractivity contribution in [3.8, 4) is 0 Å². The first-order valence-corrected chi connectivity index (χ1v) is 6.45. The molecule has 0 bridgehead atoms. The van der Waals surface area contributed by atoms with Crippen molar-refractivity contribution in [2.75, 3.05) is 17.3 Å². The maximum absolute atomic E-state index is 10.6. The second-order valence-corrected chi connectivity index (χ2v) is 5.38. The highest BCUT2D eigenvalue weighted by atomic mass is 32.2. The molecule has 14 heavy (non-hydrogen) atoms. The Morgan fingerprint density at radius 2 is 2.50 bits per heavy atom. The van der Waals surface area contributed by atoms with E-state index in [4.69, 9.17) is 5.11 Å². The van der Waals surface area contributed by atoms with Gasteiger partial charge in [0.05, 0.1) is 11.4 Å². The summed E-state index contributed by atoms with van der Waals surface area (Å²) in [7, 11) is 0. The van der Waals surface area contributed by atoms with E-state index in [1.54, 1.807) is 0 Å². The van der Waals surface area contributed by atoms with Crippen LogP contribution in [0.1, 0.15) is 21.6 Å². The molecule has 2 heterocycles. The van der Waals surface area contributed by atoms with Crippen LogP contribution in [0.3, 0.4) is 0 Å². The highest BCUT2D eigenvalue weighted by Crippen LogP contribution is 2.34. The van der Waals surface area contributed by atoms with Crippen LogP contribution < -0.4 is 0 Å². The number of H-pyrrole nitrogens is 1. The van der Waals surface area contributed by atoms with Gasteiger partial charge in [0.25, 0.3) is 0 Å². The summed E-state index contributed by atoms with van der Waals surface area (Å²) in [6.45, 7) is 0. The Kier molecular flexibility index (Phi) is 3.02.